The molecule has 0 aromatic carbocycles. The maximum Gasteiger partial charge on any atom is 0.116 e. The third-order valence-electron chi connectivity index (χ3n) is 1.82. The zero-order valence-corrected chi connectivity index (χ0v) is 9.01. The van der Waals surface area contributed by atoms with E-state index in [1.807, 2.05) is 0 Å². The summed E-state index contributed by atoms with van der Waals surface area (Å²) in [6.45, 7) is 6.85. The second-order valence-corrected chi connectivity index (χ2v) is 8.60. The van der Waals surface area contributed by atoms with Crippen LogP contribution in [0.5, 0.6) is 0 Å². The van der Waals surface area contributed by atoms with Gasteiger partial charge in [0.1, 0.15) is 14.3 Å². The summed E-state index contributed by atoms with van der Waals surface area (Å²) in [5.74, 6) is 0. The highest BCUT2D eigenvalue weighted by Crippen LogP contribution is 2.09. The Morgan fingerprint density at radius 3 is 2.75 bits per heavy atom. The molecule has 1 heterocycles. The molecular formula is C8H19NO2Si. The standard InChI is InChI=1S/C8H19NO2Si/c1-12(2,9)5-3-4-10-6-8-7-11-8/h8H,3-7,9H2,1-2H3. The summed E-state index contributed by atoms with van der Waals surface area (Å²) in [6.07, 6.45) is 1.50. The van der Waals surface area contributed by atoms with Crippen molar-refractivity contribution >= 4 is 8.24 Å². The lowest BCUT2D eigenvalue weighted by atomic mass is 10.5. The van der Waals surface area contributed by atoms with E-state index in [-0.39, 0.29) is 0 Å². The highest BCUT2D eigenvalue weighted by Gasteiger charge is 2.22. The molecule has 72 valence electrons. The van der Waals surface area contributed by atoms with Gasteiger partial charge >= 0.3 is 0 Å². The van der Waals surface area contributed by atoms with Crippen LogP contribution in [0.25, 0.3) is 0 Å². The first-order valence-corrected chi connectivity index (χ1v) is 7.84. The number of nitrogens with two attached hydrogens (primary N) is 1. The van der Waals surface area contributed by atoms with Gasteiger partial charge in [0.15, 0.2) is 0 Å². The van der Waals surface area contributed by atoms with E-state index in [2.05, 4.69) is 13.1 Å². The minimum absolute atomic E-state index is 0.396. The summed E-state index contributed by atoms with van der Waals surface area (Å²) in [4.78, 5) is 0. The van der Waals surface area contributed by atoms with Gasteiger partial charge in [-0.05, 0) is 12.5 Å². The van der Waals surface area contributed by atoms with E-state index in [4.69, 9.17) is 14.9 Å². The van der Waals surface area contributed by atoms with Gasteiger partial charge in [-0.15, -0.1) is 0 Å². The van der Waals surface area contributed by atoms with Crippen molar-refractivity contribution in [3.05, 3.63) is 0 Å². The normalized spacial score (nSPS) is 22.8. The zero-order chi connectivity index (χ0) is 9.03. The van der Waals surface area contributed by atoms with E-state index in [0.717, 1.165) is 32.3 Å². The van der Waals surface area contributed by atoms with Gasteiger partial charge in [-0.2, -0.15) is 0 Å². The van der Waals surface area contributed by atoms with Crippen molar-refractivity contribution in [3.8, 4) is 0 Å². The number of rotatable bonds is 6. The molecule has 0 amide bonds. The van der Waals surface area contributed by atoms with Crippen LogP contribution in [0.3, 0.4) is 0 Å². The summed E-state index contributed by atoms with van der Waals surface area (Å²) in [5, 5.41) is 5.95. The average Bonchev–Trinajstić information content (AvgIpc) is 2.68. The number of hydrogen-bond acceptors (Lipinski definition) is 3. The van der Waals surface area contributed by atoms with Crippen LogP contribution in [0.15, 0.2) is 0 Å². The zero-order valence-electron chi connectivity index (χ0n) is 8.01. The molecule has 1 rings (SSSR count). The number of ether oxygens (including phenoxy) is 2. The molecule has 1 atom stereocenters. The maximum absolute atomic E-state index is 5.95. The molecule has 0 spiro atoms. The summed E-state index contributed by atoms with van der Waals surface area (Å²) in [6, 6.07) is 1.15. The van der Waals surface area contributed by atoms with E-state index in [1.54, 1.807) is 0 Å². The lowest BCUT2D eigenvalue weighted by molar-refractivity contribution is 0.117. The molecule has 2 N–H and O–H groups in total. The van der Waals surface area contributed by atoms with E-state index in [1.165, 1.54) is 0 Å². The van der Waals surface area contributed by atoms with Crippen LogP contribution >= 0.6 is 0 Å². The highest BCUT2D eigenvalue weighted by molar-refractivity contribution is 6.74. The van der Waals surface area contributed by atoms with Gasteiger partial charge in [-0.1, -0.05) is 13.1 Å². The molecule has 1 aliphatic heterocycles. The summed E-state index contributed by atoms with van der Waals surface area (Å²) in [5.41, 5.74) is 0. The monoisotopic (exact) mass is 189 g/mol. The Kier molecular flexibility index (Phi) is 3.70. The van der Waals surface area contributed by atoms with E-state index in [0.29, 0.717) is 6.10 Å². The molecule has 0 aliphatic carbocycles. The quantitative estimate of drug-likeness (QED) is 0.384. The third kappa shape index (κ3) is 5.71. The van der Waals surface area contributed by atoms with Crippen LogP contribution in [0.4, 0.5) is 0 Å². The molecule has 0 radical (unpaired) electrons. The predicted molar refractivity (Wildman–Crippen MR) is 51.7 cm³/mol. The topological polar surface area (TPSA) is 47.8 Å². The van der Waals surface area contributed by atoms with Gasteiger partial charge in [0.25, 0.3) is 0 Å². The molecule has 1 aliphatic rings. The SMILES string of the molecule is C[Si](C)(N)CCCOCC1CO1. The van der Waals surface area contributed by atoms with Crippen molar-refractivity contribution in [3.63, 3.8) is 0 Å². The highest BCUT2D eigenvalue weighted by atomic mass is 28.3. The van der Waals surface area contributed by atoms with Crippen molar-refractivity contribution < 1.29 is 9.47 Å². The van der Waals surface area contributed by atoms with Gasteiger partial charge in [-0.25, -0.2) is 0 Å². The van der Waals surface area contributed by atoms with Crippen molar-refractivity contribution in [2.24, 2.45) is 5.40 Å². The second kappa shape index (κ2) is 4.37. The Labute approximate surface area is 75.3 Å². The second-order valence-electron chi connectivity index (χ2n) is 4.12. The lowest BCUT2D eigenvalue weighted by Crippen LogP contribution is -2.37. The van der Waals surface area contributed by atoms with E-state index < -0.39 is 8.24 Å². The van der Waals surface area contributed by atoms with Crippen LogP contribution < -0.4 is 5.40 Å². The summed E-state index contributed by atoms with van der Waals surface area (Å²) >= 11 is 0. The van der Waals surface area contributed by atoms with Gasteiger partial charge in [0, 0.05) is 6.61 Å². The molecule has 0 aromatic heterocycles. The fraction of sp³-hybridized carbons (Fsp3) is 1.00. The number of hydrogen-bond donors (Lipinski definition) is 1. The Morgan fingerprint density at radius 2 is 2.25 bits per heavy atom. The maximum atomic E-state index is 5.95. The Hall–Kier alpha value is 0.0969. The minimum atomic E-state index is -1.33. The lowest BCUT2D eigenvalue weighted by Gasteiger charge is -2.14. The smallest absolute Gasteiger partial charge is 0.116 e. The Morgan fingerprint density at radius 1 is 1.58 bits per heavy atom. The van der Waals surface area contributed by atoms with Crippen molar-refractivity contribution in [2.75, 3.05) is 19.8 Å². The molecule has 1 saturated heterocycles. The van der Waals surface area contributed by atoms with Crippen LogP contribution in [0, 0.1) is 0 Å². The van der Waals surface area contributed by atoms with E-state index in [9.17, 15) is 0 Å². The molecule has 12 heavy (non-hydrogen) atoms. The summed E-state index contributed by atoms with van der Waals surface area (Å²) in [7, 11) is -1.33. The van der Waals surface area contributed by atoms with Crippen molar-refractivity contribution in [1.29, 1.82) is 0 Å². The van der Waals surface area contributed by atoms with Gasteiger partial charge in [0.05, 0.1) is 13.2 Å². The molecule has 4 heteroatoms. The average molecular weight is 189 g/mol. The van der Waals surface area contributed by atoms with Crippen LogP contribution in [0.2, 0.25) is 19.1 Å². The van der Waals surface area contributed by atoms with Gasteiger partial charge < -0.3 is 14.9 Å². The van der Waals surface area contributed by atoms with Gasteiger partial charge in [-0.3, -0.25) is 0 Å². The molecule has 3 nitrogen and oxygen atoms in total. The van der Waals surface area contributed by atoms with Crippen molar-refractivity contribution in [2.45, 2.75) is 31.7 Å². The van der Waals surface area contributed by atoms with Crippen LogP contribution in [0.1, 0.15) is 6.42 Å². The third-order valence-corrected chi connectivity index (χ3v) is 3.46. The Bertz CT molecular complexity index is 132. The van der Waals surface area contributed by atoms with Crippen LogP contribution in [-0.2, 0) is 9.47 Å². The van der Waals surface area contributed by atoms with Crippen LogP contribution in [-0.4, -0.2) is 34.2 Å². The Balaban J connectivity index is 1.82. The first-order chi connectivity index (χ1) is 5.58. The molecular weight excluding hydrogens is 170 g/mol. The minimum Gasteiger partial charge on any atom is -0.379 e. The predicted octanol–water partition coefficient (Wildman–Crippen LogP) is 0.956. The fourth-order valence-electron chi connectivity index (χ4n) is 1.01. The first kappa shape index (κ1) is 10.2. The van der Waals surface area contributed by atoms with Crippen molar-refractivity contribution in [1.82, 2.24) is 0 Å². The molecule has 0 saturated carbocycles. The number of epoxide rings is 1. The molecule has 0 bridgehead atoms. The first-order valence-electron chi connectivity index (χ1n) is 4.56. The van der Waals surface area contributed by atoms with E-state index >= 15 is 0 Å². The molecule has 0 aromatic rings. The fourth-order valence-corrected chi connectivity index (χ4v) is 2.06. The molecule has 1 fully saturated rings. The molecule has 1 unspecified atom stereocenters. The van der Waals surface area contributed by atoms with Gasteiger partial charge in [0.2, 0.25) is 0 Å². The largest absolute Gasteiger partial charge is 0.379 e. The summed E-state index contributed by atoms with van der Waals surface area (Å²) < 4.78 is 10.4.